The van der Waals surface area contributed by atoms with Crippen molar-refractivity contribution in [1.82, 2.24) is 0 Å². The molecular formula is C43H28BrF6N. The van der Waals surface area contributed by atoms with Gasteiger partial charge in [-0.25, -0.2) is 26.3 Å². The Hall–Kier alpha value is -4.92. The molecule has 254 valence electrons. The minimum Gasteiger partial charge on any atom is -1.00 e. The maximum Gasteiger partial charge on any atom is 0.194 e. The van der Waals surface area contributed by atoms with Gasteiger partial charge in [0.2, 0.25) is 0 Å². The first kappa shape index (κ1) is 33.2. The molecular weight excluding hydrogens is 724 g/mol. The fraction of sp³-hybridized carbons (Fsp3) is 0.116. The first-order chi connectivity index (χ1) is 24.2. The zero-order chi connectivity index (χ0) is 34.3. The highest BCUT2D eigenvalue weighted by Gasteiger charge is 2.40. The molecule has 9 rings (SSSR count). The zero-order valence-electron chi connectivity index (χ0n) is 27.0. The van der Waals surface area contributed by atoms with E-state index in [-0.39, 0.29) is 28.1 Å². The topological polar surface area (TPSA) is 0 Å². The lowest BCUT2D eigenvalue weighted by molar-refractivity contribution is -0.967. The maximum atomic E-state index is 14.9. The van der Waals surface area contributed by atoms with Gasteiger partial charge in [-0.3, -0.25) is 0 Å². The molecule has 0 saturated heterocycles. The predicted octanol–water partition coefficient (Wildman–Crippen LogP) is 8.42. The van der Waals surface area contributed by atoms with Crippen molar-refractivity contribution in [3.8, 4) is 33.4 Å². The van der Waals surface area contributed by atoms with E-state index < -0.39 is 34.9 Å². The minimum absolute atomic E-state index is 0. The lowest BCUT2D eigenvalue weighted by Crippen LogP contribution is -3.00. The van der Waals surface area contributed by atoms with Gasteiger partial charge in [0.1, 0.15) is 19.6 Å². The molecule has 2 aliphatic rings. The number of quaternary nitrogens is 1. The normalized spacial score (nSPS) is 14.5. The third-order valence-corrected chi connectivity index (χ3v) is 10.6. The zero-order valence-corrected chi connectivity index (χ0v) is 28.6. The smallest absolute Gasteiger partial charge is 0.194 e. The summed E-state index contributed by atoms with van der Waals surface area (Å²) in [6.07, 6.45) is 0.770. The molecule has 0 unspecified atom stereocenters. The van der Waals surface area contributed by atoms with Gasteiger partial charge >= 0.3 is 0 Å². The fourth-order valence-corrected chi connectivity index (χ4v) is 8.37. The Labute approximate surface area is 300 Å². The largest absolute Gasteiger partial charge is 1.00 e. The summed E-state index contributed by atoms with van der Waals surface area (Å²) in [5, 5.41) is 3.41. The standard InChI is InChI=1S/C43H28F6N.BrH/c44-36-17-28(18-37(45)42(36)48)32-15-25-8-3-5-11-30(25)40-34(32)22-50(14-13-24-7-1-2-10-27(24)21-50)23-35-33(29-19-38(46)43(49)39(47)20-29)16-26-9-4-6-12-31(26)41(35)40;/h1-12,15-20H,13-14,21-23H2;1H/q+1;/p-1. The van der Waals surface area contributed by atoms with Gasteiger partial charge in [0.25, 0.3) is 0 Å². The summed E-state index contributed by atoms with van der Waals surface area (Å²) in [7, 11) is 0. The number of halogens is 7. The van der Waals surface area contributed by atoms with Gasteiger partial charge in [-0.1, -0.05) is 72.8 Å². The van der Waals surface area contributed by atoms with Crippen molar-refractivity contribution in [2.24, 2.45) is 0 Å². The number of hydrogen-bond donors (Lipinski definition) is 0. The molecule has 2 aliphatic heterocycles. The molecule has 51 heavy (non-hydrogen) atoms. The molecule has 1 spiro atoms. The van der Waals surface area contributed by atoms with Gasteiger partial charge in [-0.15, -0.1) is 0 Å². The Bertz CT molecular complexity index is 2370. The third kappa shape index (κ3) is 5.35. The molecule has 0 N–H and O–H groups in total. The highest BCUT2D eigenvalue weighted by molar-refractivity contribution is 6.12. The van der Waals surface area contributed by atoms with Crippen LogP contribution in [-0.2, 0) is 26.1 Å². The second kappa shape index (κ2) is 12.4. The second-order valence-electron chi connectivity index (χ2n) is 13.6. The van der Waals surface area contributed by atoms with E-state index in [4.69, 9.17) is 0 Å². The predicted molar refractivity (Wildman–Crippen MR) is 184 cm³/mol. The van der Waals surface area contributed by atoms with E-state index in [9.17, 15) is 26.3 Å². The number of benzene rings is 7. The molecule has 0 aliphatic carbocycles. The van der Waals surface area contributed by atoms with Crippen LogP contribution in [0.5, 0.6) is 0 Å². The van der Waals surface area contributed by atoms with E-state index in [2.05, 4.69) is 12.1 Å². The molecule has 0 fully saturated rings. The molecule has 8 heteroatoms. The Balaban J connectivity index is 0.00000374. The first-order valence-corrected chi connectivity index (χ1v) is 16.5. The van der Waals surface area contributed by atoms with Crippen LogP contribution in [0.1, 0.15) is 22.3 Å². The van der Waals surface area contributed by atoms with Crippen molar-refractivity contribution in [1.29, 1.82) is 0 Å². The van der Waals surface area contributed by atoms with E-state index >= 15 is 0 Å². The molecule has 7 aromatic carbocycles. The molecule has 7 aromatic rings. The molecule has 0 radical (unpaired) electrons. The number of rotatable bonds is 2. The summed E-state index contributed by atoms with van der Waals surface area (Å²) >= 11 is 0. The van der Waals surface area contributed by atoms with Crippen LogP contribution < -0.4 is 17.0 Å². The van der Waals surface area contributed by atoms with E-state index in [0.717, 1.165) is 74.5 Å². The van der Waals surface area contributed by atoms with Crippen LogP contribution in [0.4, 0.5) is 26.3 Å². The van der Waals surface area contributed by atoms with Crippen molar-refractivity contribution >= 4 is 21.5 Å². The van der Waals surface area contributed by atoms with Crippen LogP contribution in [0.3, 0.4) is 0 Å². The molecule has 0 amide bonds. The van der Waals surface area contributed by atoms with Gasteiger partial charge < -0.3 is 21.5 Å². The van der Waals surface area contributed by atoms with Crippen molar-refractivity contribution < 1.29 is 47.8 Å². The average Bonchev–Trinajstić information content (AvgIpc) is 3.26. The second-order valence-corrected chi connectivity index (χ2v) is 13.6. The number of nitrogens with zero attached hydrogens (tertiary/aromatic N) is 1. The molecule has 2 heterocycles. The highest BCUT2D eigenvalue weighted by Crippen LogP contribution is 2.51. The molecule has 0 atom stereocenters. The molecule has 0 bridgehead atoms. The summed E-state index contributed by atoms with van der Waals surface area (Å²) in [5.74, 6) is -8.17. The summed E-state index contributed by atoms with van der Waals surface area (Å²) in [6, 6.07) is 31.8. The molecule has 0 saturated carbocycles. The maximum absolute atomic E-state index is 14.9. The molecule has 1 nitrogen and oxygen atoms in total. The summed E-state index contributed by atoms with van der Waals surface area (Å²) < 4.78 is 88.9. The monoisotopic (exact) mass is 751 g/mol. The summed E-state index contributed by atoms with van der Waals surface area (Å²) in [5.41, 5.74) is 7.35. The minimum atomic E-state index is -1.53. The Kier molecular flexibility index (Phi) is 8.07. The van der Waals surface area contributed by atoms with Gasteiger partial charge in [0.05, 0.1) is 6.54 Å². The van der Waals surface area contributed by atoms with E-state index in [1.165, 1.54) is 11.1 Å². The van der Waals surface area contributed by atoms with Crippen LogP contribution in [-0.4, -0.2) is 11.0 Å². The lowest BCUT2D eigenvalue weighted by Gasteiger charge is -2.42. The fourth-order valence-electron chi connectivity index (χ4n) is 8.37. The van der Waals surface area contributed by atoms with Gasteiger partial charge in [-0.05, 0) is 85.8 Å². The molecule has 0 aromatic heterocycles. The summed E-state index contributed by atoms with van der Waals surface area (Å²) in [4.78, 5) is 0. The van der Waals surface area contributed by atoms with Crippen LogP contribution in [0.2, 0.25) is 0 Å². The van der Waals surface area contributed by atoms with Gasteiger partial charge in [0, 0.05) is 34.2 Å². The van der Waals surface area contributed by atoms with Crippen molar-refractivity contribution in [2.75, 3.05) is 6.54 Å². The number of fused-ring (bicyclic) bond motifs is 8. The van der Waals surface area contributed by atoms with E-state index in [0.29, 0.717) is 41.8 Å². The van der Waals surface area contributed by atoms with Crippen LogP contribution in [0.25, 0.3) is 54.9 Å². The van der Waals surface area contributed by atoms with Crippen LogP contribution in [0.15, 0.2) is 109 Å². The van der Waals surface area contributed by atoms with Gasteiger partial charge in [-0.2, -0.15) is 0 Å². The van der Waals surface area contributed by atoms with E-state index in [1.807, 2.05) is 72.8 Å². The van der Waals surface area contributed by atoms with E-state index in [1.54, 1.807) is 0 Å². The Morgan fingerprint density at radius 1 is 0.451 bits per heavy atom. The van der Waals surface area contributed by atoms with Crippen LogP contribution >= 0.6 is 0 Å². The van der Waals surface area contributed by atoms with Crippen molar-refractivity contribution in [3.63, 3.8) is 0 Å². The quantitative estimate of drug-likeness (QED) is 0.0946. The first-order valence-electron chi connectivity index (χ1n) is 16.5. The van der Waals surface area contributed by atoms with Crippen LogP contribution in [0, 0.1) is 34.9 Å². The SMILES string of the molecule is Fc1cc(-c2cc3ccccc3c3c2C[N+]2(CCc4ccccc4C2)Cc2c(-c4cc(F)c(F)c(F)c4)cc4ccccc4c2-3)cc(F)c1F.[Br-]. The highest BCUT2D eigenvalue weighted by atomic mass is 79.9. The lowest BCUT2D eigenvalue weighted by atomic mass is 9.82. The third-order valence-electron chi connectivity index (χ3n) is 10.6. The summed E-state index contributed by atoms with van der Waals surface area (Å²) in [6.45, 7) is 2.26. The Morgan fingerprint density at radius 2 is 0.863 bits per heavy atom. The number of hydrogen-bond acceptors (Lipinski definition) is 0. The van der Waals surface area contributed by atoms with Crippen molar-refractivity contribution in [3.05, 3.63) is 166 Å². The average molecular weight is 753 g/mol. The van der Waals surface area contributed by atoms with Crippen molar-refractivity contribution in [2.45, 2.75) is 26.1 Å². The Morgan fingerprint density at radius 3 is 1.33 bits per heavy atom. The van der Waals surface area contributed by atoms with Gasteiger partial charge in [0.15, 0.2) is 34.9 Å².